The fourth-order valence-corrected chi connectivity index (χ4v) is 1.73. The van der Waals surface area contributed by atoms with Crippen LogP contribution in [0, 0.1) is 10.1 Å². The fourth-order valence-electron chi connectivity index (χ4n) is 1.57. The number of hydrogen-bond acceptors (Lipinski definition) is 7. The van der Waals surface area contributed by atoms with Crippen molar-refractivity contribution in [1.29, 1.82) is 0 Å². The number of nitrogen functional groups attached to an aromatic ring is 1. The van der Waals surface area contributed by atoms with Crippen LogP contribution in [0.3, 0.4) is 0 Å². The third kappa shape index (κ3) is 3.77. The van der Waals surface area contributed by atoms with E-state index in [1.54, 1.807) is 0 Å². The molecule has 0 aliphatic heterocycles. The summed E-state index contributed by atoms with van der Waals surface area (Å²) in [4.78, 5) is 18.4. The first-order valence-electron chi connectivity index (χ1n) is 5.73. The van der Waals surface area contributed by atoms with E-state index in [4.69, 9.17) is 26.8 Å². The van der Waals surface area contributed by atoms with Crippen molar-refractivity contribution in [2.24, 2.45) is 0 Å². The van der Waals surface area contributed by atoms with Gasteiger partial charge in [0.05, 0.1) is 4.92 Å². The lowest BCUT2D eigenvalue weighted by Crippen LogP contribution is -2.03. The number of nitrogens with zero attached hydrogens (tertiary/aromatic N) is 3. The minimum Gasteiger partial charge on any atom is -0.432 e. The van der Waals surface area contributed by atoms with Crippen LogP contribution in [0.2, 0.25) is 5.02 Å². The van der Waals surface area contributed by atoms with Gasteiger partial charge in [-0.25, -0.2) is 4.98 Å². The van der Waals surface area contributed by atoms with Crippen molar-refractivity contribution >= 4 is 23.1 Å². The first-order valence-corrected chi connectivity index (χ1v) is 6.11. The lowest BCUT2D eigenvalue weighted by atomic mass is 10.3. The second-order valence-electron chi connectivity index (χ2n) is 3.95. The maximum Gasteiger partial charge on any atom is 0.311 e. The molecule has 2 aromatic rings. The highest BCUT2D eigenvalue weighted by atomic mass is 35.5. The summed E-state index contributed by atoms with van der Waals surface area (Å²) in [5.74, 6) is 0.503. The molecule has 0 unspecified atom stereocenters. The van der Waals surface area contributed by atoms with E-state index in [9.17, 15) is 10.1 Å². The average Bonchev–Trinajstić information content (AvgIpc) is 2.38. The molecular formula is C12H11ClN4O4. The molecule has 2 rings (SSSR count). The van der Waals surface area contributed by atoms with Crippen LogP contribution in [0.4, 0.5) is 11.5 Å². The summed E-state index contributed by atoms with van der Waals surface area (Å²) < 4.78 is 10.3. The van der Waals surface area contributed by atoms with Crippen molar-refractivity contribution in [2.75, 3.05) is 12.8 Å². The van der Waals surface area contributed by atoms with E-state index >= 15 is 0 Å². The molecule has 8 nitrogen and oxygen atoms in total. The van der Waals surface area contributed by atoms with Crippen LogP contribution in [0.5, 0.6) is 11.6 Å². The van der Waals surface area contributed by atoms with Crippen LogP contribution < -0.4 is 10.5 Å². The summed E-state index contributed by atoms with van der Waals surface area (Å²) in [6.45, 7) is 0.138. The van der Waals surface area contributed by atoms with Gasteiger partial charge in [-0.15, -0.1) is 0 Å². The SMILES string of the molecule is COCc1nc(N)cc(Oc2cc(Cl)ccc2[N+](=O)[O-])n1. The third-order valence-corrected chi connectivity index (χ3v) is 2.61. The molecule has 0 fully saturated rings. The van der Waals surface area contributed by atoms with Crippen molar-refractivity contribution in [2.45, 2.75) is 6.61 Å². The molecule has 0 bridgehead atoms. The zero-order valence-electron chi connectivity index (χ0n) is 10.9. The number of hydrogen-bond donors (Lipinski definition) is 1. The van der Waals surface area contributed by atoms with Gasteiger partial charge < -0.3 is 15.2 Å². The van der Waals surface area contributed by atoms with Crippen LogP contribution in [-0.4, -0.2) is 22.0 Å². The van der Waals surface area contributed by atoms with Gasteiger partial charge in [-0.2, -0.15) is 4.98 Å². The summed E-state index contributed by atoms with van der Waals surface area (Å²) in [5, 5.41) is 11.3. The Morgan fingerprint density at radius 1 is 1.38 bits per heavy atom. The van der Waals surface area contributed by atoms with E-state index in [1.165, 1.54) is 31.4 Å². The number of anilines is 1. The number of nitro benzene ring substituents is 1. The Bertz CT molecular complexity index is 680. The molecule has 110 valence electrons. The highest BCUT2D eigenvalue weighted by molar-refractivity contribution is 6.30. The first-order chi connectivity index (χ1) is 9.99. The minimum atomic E-state index is -0.577. The molecule has 9 heteroatoms. The number of ether oxygens (including phenoxy) is 2. The van der Waals surface area contributed by atoms with Crippen molar-refractivity contribution in [3.8, 4) is 11.6 Å². The van der Waals surface area contributed by atoms with Gasteiger partial charge in [0.15, 0.2) is 5.82 Å². The van der Waals surface area contributed by atoms with Gasteiger partial charge in [0, 0.05) is 30.3 Å². The average molecular weight is 311 g/mol. The van der Waals surface area contributed by atoms with Crippen LogP contribution in [0.25, 0.3) is 0 Å². The monoisotopic (exact) mass is 310 g/mol. The van der Waals surface area contributed by atoms with Gasteiger partial charge in [0.25, 0.3) is 0 Å². The van der Waals surface area contributed by atoms with Gasteiger partial charge in [-0.3, -0.25) is 10.1 Å². The first kappa shape index (κ1) is 14.9. The largest absolute Gasteiger partial charge is 0.432 e. The molecule has 0 saturated carbocycles. The summed E-state index contributed by atoms with van der Waals surface area (Å²) in [6.07, 6.45) is 0. The van der Waals surface area contributed by atoms with Crippen molar-refractivity contribution in [1.82, 2.24) is 9.97 Å². The molecule has 0 saturated heterocycles. The molecule has 0 spiro atoms. The summed E-state index contributed by atoms with van der Waals surface area (Å²) in [5.41, 5.74) is 5.39. The van der Waals surface area contributed by atoms with Gasteiger partial charge >= 0.3 is 5.69 Å². The van der Waals surface area contributed by atoms with Crippen molar-refractivity contribution < 1.29 is 14.4 Å². The predicted octanol–water partition coefficient (Wildman–Crippen LogP) is 2.56. The number of benzene rings is 1. The molecular weight excluding hydrogens is 300 g/mol. The minimum absolute atomic E-state index is 0.0334. The predicted molar refractivity (Wildman–Crippen MR) is 75.3 cm³/mol. The molecule has 1 aromatic heterocycles. The number of rotatable bonds is 5. The molecule has 0 radical (unpaired) electrons. The Labute approximate surface area is 124 Å². The van der Waals surface area contributed by atoms with E-state index in [1.807, 2.05) is 0 Å². The van der Waals surface area contributed by atoms with Crippen LogP contribution in [0.1, 0.15) is 5.82 Å². The van der Waals surface area contributed by atoms with E-state index in [0.717, 1.165) is 0 Å². The molecule has 1 aromatic carbocycles. The molecule has 21 heavy (non-hydrogen) atoms. The van der Waals surface area contributed by atoms with E-state index in [0.29, 0.717) is 10.8 Å². The Morgan fingerprint density at radius 2 is 2.14 bits per heavy atom. The van der Waals surface area contributed by atoms with Gasteiger partial charge in [-0.1, -0.05) is 11.6 Å². The maximum atomic E-state index is 11.0. The quantitative estimate of drug-likeness (QED) is 0.666. The van der Waals surface area contributed by atoms with Gasteiger partial charge in [-0.05, 0) is 6.07 Å². The Morgan fingerprint density at radius 3 is 2.81 bits per heavy atom. The van der Waals surface area contributed by atoms with Gasteiger partial charge in [0.2, 0.25) is 11.6 Å². The zero-order chi connectivity index (χ0) is 15.4. The zero-order valence-corrected chi connectivity index (χ0v) is 11.7. The highest BCUT2D eigenvalue weighted by Crippen LogP contribution is 2.33. The van der Waals surface area contributed by atoms with Crippen LogP contribution in [0.15, 0.2) is 24.3 Å². The number of halogens is 1. The maximum absolute atomic E-state index is 11.0. The molecule has 0 amide bonds. The molecule has 0 aliphatic rings. The summed E-state index contributed by atoms with van der Waals surface area (Å²) >= 11 is 5.82. The number of nitro groups is 1. The summed E-state index contributed by atoms with van der Waals surface area (Å²) in [7, 11) is 1.48. The van der Waals surface area contributed by atoms with Crippen molar-refractivity contribution in [3.05, 3.63) is 45.2 Å². The lowest BCUT2D eigenvalue weighted by molar-refractivity contribution is -0.385. The van der Waals surface area contributed by atoms with E-state index < -0.39 is 4.92 Å². The second-order valence-corrected chi connectivity index (χ2v) is 4.39. The lowest BCUT2D eigenvalue weighted by Gasteiger charge is -2.08. The van der Waals surface area contributed by atoms with Crippen LogP contribution >= 0.6 is 11.6 Å². The topological polar surface area (TPSA) is 113 Å². The standard InChI is InChI=1S/C12H11ClN4O4/c1-20-6-11-15-10(14)5-12(16-11)21-9-4-7(13)2-3-8(9)17(18)19/h2-5H,6H2,1H3,(H2,14,15,16). The Hall–Kier alpha value is -2.45. The number of nitrogens with two attached hydrogens (primary N) is 1. The Balaban J connectivity index is 2.37. The third-order valence-electron chi connectivity index (χ3n) is 2.38. The number of aromatic nitrogens is 2. The molecule has 0 aliphatic carbocycles. The van der Waals surface area contributed by atoms with Gasteiger partial charge in [0.1, 0.15) is 12.4 Å². The highest BCUT2D eigenvalue weighted by Gasteiger charge is 2.17. The summed E-state index contributed by atoms with van der Waals surface area (Å²) in [6, 6.07) is 5.33. The van der Waals surface area contributed by atoms with E-state index in [2.05, 4.69) is 9.97 Å². The molecule has 1 heterocycles. The Kier molecular flexibility index (Phi) is 4.51. The normalized spacial score (nSPS) is 10.4. The van der Waals surface area contributed by atoms with Crippen molar-refractivity contribution in [3.63, 3.8) is 0 Å². The molecule has 2 N–H and O–H groups in total. The molecule has 0 atom stereocenters. The number of methoxy groups -OCH3 is 1. The van der Waals surface area contributed by atoms with Crippen LogP contribution in [-0.2, 0) is 11.3 Å². The fraction of sp³-hybridized carbons (Fsp3) is 0.167. The van der Waals surface area contributed by atoms with E-state index in [-0.39, 0.29) is 29.7 Å². The second kappa shape index (κ2) is 6.33. The smallest absolute Gasteiger partial charge is 0.311 e.